The number of sulfone groups is 1. The Morgan fingerprint density at radius 1 is 0.494 bits per heavy atom. The maximum absolute atomic E-state index is 14.8. The molecule has 21 heteroatoms. The average Bonchev–Trinajstić information content (AvgIpc) is 4.10. The number of rotatable bonds is 14. The van der Waals surface area contributed by atoms with E-state index in [1.165, 1.54) is 9.80 Å². The maximum Gasteiger partial charge on any atom is 0.246 e. The second kappa shape index (κ2) is 28.3. The van der Waals surface area contributed by atoms with Crippen LogP contribution in [0.4, 0.5) is 0 Å². The smallest absolute Gasteiger partial charge is 0.246 e. The van der Waals surface area contributed by atoms with Crippen molar-refractivity contribution < 1.29 is 51.6 Å². The van der Waals surface area contributed by atoms with Crippen LogP contribution in [0.15, 0.2) is 60.7 Å². The van der Waals surface area contributed by atoms with E-state index in [1.807, 2.05) is 26.8 Å². The third-order valence-electron chi connectivity index (χ3n) is 15.1. The van der Waals surface area contributed by atoms with E-state index in [9.17, 15) is 51.6 Å². The molecule has 424 valence electrons. The highest BCUT2D eigenvalue weighted by Crippen LogP contribution is 2.27. The van der Waals surface area contributed by atoms with Gasteiger partial charge in [-0.15, -0.1) is 0 Å². The normalized spacial score (nSPS) is 27.1. The van der Waals surface area contributed by atoms with Crippen molar-refractivity contribution in [3.8, 4) is 0 Å². The van der Waals surface area contributed by atoms with Crippen LogP contribution in [0.25, 0.3) is 0 Å². The van der Waals surface area contributed by atoms with Gasteiger partial charge in [0, 0.05) is 32.2 Å². The van der Waals surface area contributed by atoms with Crippen molar-refractivity contribution in [1.29, 1.82) is 0 Å². The second-order valence-corrected chi connectivity index (χ2v) is 24.3. The highest BCUT2D eigenvalue weighted by Gasteiger charge is 2.46. The zero-order valence-corrected chi connectivity index (χ0v) is 47.1. The molecule has 0 unspecified atom stereocenters. The number of nitrogens with one attached hydrogen (secondary N) is 7. The van der Waals surface area contributed by atoms with E-state index < -0.39 is 147 Å². The Bertz CT molecular complexity index is 2510. The Morgan fingerprint density at radius 2 is 0.909 bits per heavy atom. The van der Waals surface area contributed by atoms with E-state index in [0.29, 0.717) is 43.2 Å². The van der Waals surface area contributed by atoms with E-state index >= 15 is 0 Å². The molecule has 2 aromatic rings. The van der Waals surface area contributed by atoms with Crippen molar-refractivity contribution in [3.63, 3.8) is 0 Å². The summed E-state index contributed by atoms with van der Waals surface area (Å²) in [5, 5.41) is 19.6. The van der Waals surface area contributed by atoms with Crippen molar-refractivity contribution >= 4 is 63.0 Å². The van der Waals surface area contributed by atoms with Crippen LogP contribution >= 0.6 is 0 Å². The average molecular weight is 1090 g/mol. The molecule has 9 amide bonds. The summed E-state index contributed by atoms with van der Waals surface area (Å²) in [5.41, 5.74) is 1.37. The molecule has 11 atom stereocenters. The number of hydrogen-bond donors (Lipinski definition) is 7. The molecule has 2 aromatic carbocycles. The Morgan fingerprint density at radius 3 is 1.43 bits per heavy atom. The van der Waals surface area contributed by atoms with Gasteiger partial charge in [-0.3, -0.25) is 43.2 Å². The molecule has 3 aliphatic rings. The molecule has 3 saturated heterocycles. The van der Waals surface area contributed by atoms with Crippen molar-refractivity contribution in [2.24, 2.45) is 23.7 Å². The molecule has 0 saturated carbocycles. The lowest BCUT2D eigenvalue weighted by atomic mass is 9.95. The maximum atomic E-state index is 14.8. The minimum atomic E-state index is -3.70. The SMILES string of the molecule is CC[C@H](C)[C@@H]1NC(=O)[C@H](C(C)C)NC(=O)[C@H](Cc2ccccc2)NC(=O)[C@H](Cc2ccccc2)NC(=O)[C@@H]2CCCN2C(=O)[C@@H]2CCCN2C(=O)[C@H]([C@@H](C)CC)NC(=O)[C@H](CC(C)C)NC(=O)[C@H](CCS(C)(=O)=O)NC1=O. The number of amides is 9. The first-order valence-corrected chi connectivity index (χ1v) is 29.5. The summed E-state index contributed by atoms with van der Waals surface area (Å²) in [6, 6.07) is 6.87. The van der Waals surface area contributed by atoms with Crippen LogP contribution in [0.2, 0.25) is 0 Å². The Kier molecular flexibility index (Phi) is 22.6. The van der Waals surface area contributed by atoms with E-state index in [-0.39, 0.29) is 44.7 Å². The first-order valence-electron chi connectivity index (χ1n) is 27.4. The molecule has 7 N–H and O–H groups in total. The number of carbonyl (C=O) groups is 9. The molecule has 77 heavy (non-hydrogen) atoms. The lowest BCUT2D eigenvalue weighted by molar-refractivity contribution is -0.149. The monoisotopic (exact) mass is 1090 g/mol. The van der Waals surface area contributed by atoms with Gasteiger partial charge in [-0.05, 0) is 73.3 Å². The van der Waals surface area contributed by atoms with Crippen LogP contribution in [0, 0.1) is 23.7 Å². The Hall–Kier alpha value is -6.38. The van der Waals surface area contributed by atoms with Crippen LogP contribution in [0.5, 0.6) is 0 Å². The van der Waals surface area contributed by atoms with Crippen LogP contribution in [0.1, 0.15) is 118 Å². The molecule has 3 fully saturated rings. The van der Waals surface area contributed by atoms with Crippen LogP contribution in [-0.4, -0.2) is 151 Å². The van der Waals surface area contributed by atoms with Gasteiger partial charge < -0.3 is 47.0 Å². The summed E-state index contributed by atoms with van der Waals surface area (Å²) in [6.45, 7) is 14.6. The molecule has 0 aliphatic carbocycles. The molecular weight excluding hydrogens is 1010 g/mol. The standard InChI is InChI=1S/C56H83N9O11S/c1-10-35(7)46-54(72)57-39(26-29-77(9,75)76)48(66)58-40(30-33(3)4)50(68)63-47(36(8)11-2)56(74)65-28-19-25-44(65)55(73)64-27-18-24-43(64)52(70)60-41(31-37-20-14-12-15-21-37)49(67)59-42(32-38-22-16-13-17-23-38)51(69)61-45(34(5)6)53(71)62-46/h12-17,20-23,33-36,39-47H,10-11,18-19,24-32H2,1-9H3,(H,57,72)(H,58,66)(H,59,67)(H,60,70)(H,61,69)(H,62,71)(H,63,68)/t35-,36-,39-,40-,41-,42-,43-,44-,45-,46-,47-/m0/s1. The zero-order valence-electron chi connectivity index (χ0n) is 46.3. The van der Waals surface area contributed by atoms with E-state index in [2.05, 4.69) is 37.2 Å². The van der Waals surface area contributed by atoms with Gasteiger partial charge in [-0.1, -0.05) is 129 Å². The summed E-state index contributed by atoms with van der Waals surface area (Å²) < 4.78 is 25.1. The summed E-state index contributed by atoms with van der Waals surface area (Å²) in [7, 11) is -3.70. The van der Waals surface area contributed by atoms with Crippen LogP contribution in [0.3, 0.4) is 0 Å². The Balaban J connectivity index is 1.61. The number of carbonyl (C=O) groups excluding carboxylic acids is 9. The highest BCUT2D eigenvalue weighted by atomic mass is 32.2. The molecule has 0 spiro atoms. The summed E-state index contributed by atoms with van der Waals surface area (Å²) in [5.74, 6) is -8.45. The summed E-state index contributed by atoms with van der Waals surface area (Å²) in [4.78, 5) is 134. The van der Waals surface area contributed by atoms with E-state index in [4.69, 9.17) is 0 Å². The van der Waals surface area contributed by atoms with Gasteiger partial charge in [0.05, 0.1) is 5.75 Å². The fraction of sp³-hybridized carbons (Fsp3) is 0.625. The van der Waals surface area contributed by atoms with Crippen molar-refractivity contribution in [2.75, 3.05) is 25.1 Å². The Labute approximate surface area is 454 Å². The van der Waals surface area contributed by atoms with Gasteiger partial charge in [0.15, 0.2) is 0 Å². The zero-order chi connectivity index (χ0) is 56.7. The summed E-state index contributed by atoms with van der Waals surface area (Å²) >= 11 is 0. The number of nitrogens with zero attached hydrogens (tertiary/aromatic N) is 2. The largest absolute Gasteiger partial charge is 0.343 e. The first kappa shape index (κ1) is 61.5. The van der Waals surface area contributed by atoms with Gasteiger partial charge in [-0.25, -0.2) is 8.42 Å². The topological polar surface area (TPSA) is 278 Å². The molecule has 0 radical (unpaired) electrons. The highest BCUT2D eigenvalue weighted by molar-refractivity contribution is 7.90. The van der Waals surface area contributed by atoms with Crippen LogP contribution < -0.4 is 37.2 Å². The minimum Gasteiger partial charge on any atom is -0.343 e. The van der Waals surface area contributed by atoms with Crippen molar-refractivity contribution in [2.45, 2.75) is 174 Å². The quantitative estimate of drug-likeness (QED) is 0.144. The molecular formula is C56H83N9O11S. The van der Waals surface area contributed by atoms with E-state index in [0.717, 1.165) is 6.26 Å². The van der Waals surface area contributed by atoms with Crippen molar-refractivity contribution in [1.82, 2.24) is 47.0 Å². The molecule has 20 nitrogen and oxygen atoms in total. The minimum absolute atomic E-state index is 0.0106. The third-order valence-corrected chi connectivity index (χ3v) is 16.0. The number of benzene rings is 2. The third kappa shape index (κ3) is 17.3. The first-order chi connectivity index (χ1) is 36.4. The second-order valence-electron chi connectivity index (χ2n) is 22.0. The fourth-order valence-corrected chi connectivity index (χ4v) is 10.8. The van der Waals surface area contributed by atoms with Gasteiger partial charge in [0.25, 0.3) is 0 Å². The predicted molar refractivity (Wildman–Crippen MR) is 291 cm³/mol. The summed E-state index contributed by atoms with van der Waals surface area (Å²) in [6.07, 6.45) is 2.98. The van der Waals surface area contributed by atoms with Gasteiger partial charge in [-0.2, -0.15) is 0 Å². The fourth-order valence-electron chi connectivity index (χ4n) is 10.1. The lowest BCUT2D eigenvalue weighted by Crippen LogP contribution is -2.62. The molecule has 0 bridgehead atoms. The number of hydrogen-bond acceptors (Lipinski definition) is 11. The molecule has 5 rings (SSSR count). The molecule has 3 heterocycles. The van der Waals surface area contributed by atoms with Crippen LogP contribution in [-0.2, 0) is 65.8 Å². The predicted octanol–water partition coefficient (Wildman–Crippen LogP) is 2.09. The lowest BCUT2D eigenvalue weighted by Gasteiger charge is -2.35. The number of fused-ring (bicyclic) bond motifs is 2. The van der Waals surface area contributed by atoms with E-state index in [1.54, 1.807) is 89.2 Å². The van der Waals surface area contributed by atoms with Gasteiger partial charge in [0.2, 0.25) is 53.2 Å². The molecule has 3 aliphatic heterocycles. The van der Waals surface area contributed by atoms with Crippen molar-refractivity contribution in [3.05, 3.63) is 71.8 Å². The van der Waals surface area contributed by atoms with Gasteiger partial charge >= 0.3 is 0 Å². The molecule has 0 aromatic heterocycles. The van der Waals surface area contributed by atoms with Gasteiger partial charge in [0.1, 0.15) is 64.2 Å².